The molecule has 0 atom stereocenters. The highest BCUT2D eigenvalue weighted by molar-refractivity contribution is 5.33. The predicted molar refractivity (Wildman–Crippen MR) is 144 cm³/mol. The van der Waals surface area contributed by atoms with Crippen LogP contribution in [-0.2, 0) is 0 Å². The first-order chi connectivity index (χ1) is 17.5. The Hall–Kier alpha value is -1.90. The molecule has 36 heavy (non-hydrogen) atoms. The Morgan fingerprint density at radius 3 is 1.69 bits per heavy atom. The lowest BCUT2D eigenvalue weighted by atomic mass is 9.68. The number of benzene rings is 2. The molecule has 5 rings (SSSR count). The molecule has 196 valence electrons. The van der Waals surface area contributed by atoms with E-state index < -0.39 is 0 Å². The minimum Gasteiger partial charge on any atom is -0.491 e. The summed E-state index contributed by atoms with van der Waals surface area (Å²) in [6, 6.07) is 11.5. The van der Waals surface area contributed by atoms with Crippen LogP contribution in [0.4, 0.5) is 8.78 Å². The average molecular weight is 495 g/mol. The van der Waals surface area contributed by atoms with Gasteiger partial charge in [-0.15, -0.1) is 0 Å². The molecule has 2 aromatic carbocycles. The second-order valence-electron chi connectivity index (χ2n) is 12.1. The number of rotatable bonds is 6. The second-order valence-corrected chi connectivity index (χ2v) is 12.1. The fraction of sp³-hybridized carbons (Fsp3) is 0.636. The lowest BCUT2D eigenvalue weighted by molar-refractivity contribution is 0.165. The summed E-state index contributed by atoms with van der Waals surface area (Å²) in [6.07, 6.45) is 14.6. The zero-order valence-corrected chi connectivity index (χ0v) is 22.3. The molecule has 0 heterocycles. The van der Waals surface area contributed by atoms with Crippen molar-refractivity contribution in [1.29, 1.82) is 0 Å². The van der Waals surface area contributed by atoms with Crippen LogP contribution in [0.5, 0.6) is 5.75 Å². The average Bonchev–Trinajstić information content (AvgIpc) is 2.91. The van der Waals surface area contributed by atoms with Gasteiger partial charge in [0.1, 0.15) is 5.82 Å². The molecule has 0 N–H and O–H groups in total. The third-order valence-corrected chi connectivity index (χ3v) is 9.89. The maximum Gasteiger partial charge on any atom is 0.165 e. The van der Waals surface area contributed by atoms with Gasteiger partial charge in [-0.05, 0) is 142 Å². The molecule has 1 nitrogen and oxygen atoms in total. The maximum absolute atomic E-state index is 15.3. The molecule has 2 aromatic rings. The molecule has 3 aliphatic carbocycles. The van der Waals surface area contributed by atoms with Crippen LogP contribution >= 0.6 is 0 Å². The summed E-state index contributed by atoms with van der Waals surface area (Å²) >= 11 is 0. The lowest BCUT2D eigenvalue weighted by Gasteiger charge is -2.37. The van der Waals surface area contributed by atoms with Gasteiger partial charge < -0.3 is 4.74 Å². The largest absolute Gasteiger partial charge is 0.491 e. The van der Waals surface area contributed by atoms with Crippen molar-refractivity contribution in [3.8, 4) is 5.75 Å². The van der Waals surface area contributed by atoms with Crippen molar-refractivity contribution >= 4 is 0 Å². The van der Waals surface area contributed by atoms with Crippen LogP contribution in [0.15, 0.2) is 36.4 Å². The molecule has 0 saturated heterocycles. The van der Waals surface area contributed by atoms with Gasteiger partial charge in [0, 0.05) is 0 Å². The normalized spacial score (nSPS) is 31.2. The van der Waals surface area contributed by atoms with Crippen LogP contribution in [0, 0.1) is 29.4 Å². The van der Waals surface area contributed by atoms with Crippen molar-refractivity contribution < 1.29 is 13.5 Å². The smallest absolute Gasteiger partial charge is 0.165 e. The molecular formula is C33H44F2O. The highest BCUT2D eigenvalue weighted by atomic mass is 19.1. The Balaban J connectivity index is 1.15. The van der Waals surface area contributed by atoms with E-state index in [1.54, 1.807) is 12.1 Å². The fourth-order valence-electron chi connectivity index (χ4n) is 7.59. The Morgan fingerprint density at radius 1 is 0.639 bits per heavy atom. The summed E-state index contributed by atoms with van der Waals surface area (Å²) in [5, 5.41) is 0. The third kappa shape index (κ3) is 5.81. The van der Waals surface area contributed by atoms with Crippen LogP contribution in [0.1, 0.15) is 125 Å². The van der Waals surface area contributed by atoms with E-state index in [-0.39, 0.29) is 17.6 Å². The number of hydrogen-bond donors (Lipinski definition) is 0. The number of hydrogen-bond acceptors (Lipinski definition) is 1. The van der Waals surface area contributed by atoms with Gasteiger partial charge in [0.05, 0.1) is 6.61 Å². The quantitative estimate of drug-likeness (QED) is 0.388. The Bertz CT molecular complexity index is 993. The molecule has 0 unspecified atom stereocenters. The van der Waals surface area contributed by atoms with Crippen LogP contribution in [0.3, 0.4) is 0 Å². The van der Waals surface area contributed by atoms with Crippen molar-refractivity contribution in [3.05, 3.63) is 64.7 Å². The minimum atomic E-state index is -0.277. The van der Waals surface area contributed by atoms with Crippen LogP contribution in [0.25, 0.3) is 0 Å². The van der Waals surface area contributed by atoms with Gasteiger partial charge in [-0.25, -0.2) is 8.78 Å². The Labute approximate surface area is 217 Å². The summed E-state index contributed by atoms with van der Waals surface area (Å²) in [7, 11) is 0. The summed E-state index contributed by atoms with van der Waals surface area (Å²) in [6.45, 7) is 4.73. The van der Waals surface area contributed by atoms with Gasteiger partial charge in [0.2, 0.25) is 0 Å². The predicted octanol–water partition coefficient (Wildman–Crippen LogP) is 9.90. The second kappa shape index (κ2) is 11.7. The van der Waals surface area contributed by atoms with E-state index in [1.165, 1.54) is 56.9 Å². The minimum absolute atomic E-state index is 0.00791. The topological polar surface area (TPSA) is 9.23 Å². The van der Waals surface area contributed by atoms with Gasteiger partial charge in [-0.1, -0.05) is 38.0 Å². The van der Waals surface area contributed by atoms with Crippen molar-refractivity contribution in [2.24, 2.45) is 17.8 Å². The number of halogens is 2. The van der Waals surface area contributed by atoms with Gasteiger partial charge in [0.15, 0.2) is 11.6 Å². The fourth-order valence-corrected chi connectivity index (χ4v) is 7.59. The molecule has 0 aliphatic heterocycles. The van der Waals surface area contributed by atoms with Gasteiger partial charge >= 0.3 is 0 Å². The SMILES string of the molecule is CCOc1ccc(C2CCC(c3ccc(C4CCC(C5CCC(C)CC5)CC4)cc3F)CC2)cc1F. The standard InChI is InChI=1S/C33H44F2O/c1-3-36-33-19-17-29(21-32(33)35)26-12-14-27(15-13-26)30-18-16-28(20-31(30)34)25-10-8-24(9-11-25)23-6-4-22(2)5-7-23/h16-27H,3-15H2,1-2H3. The van der Waals surface area contributed by atoms with E-state index in [0.29, 0.717) is 24.2 Å². The molecule has 0 amide bonds. The van der Waals surface area contributed by atoms with Crippen molar-refractivity contribution in [1.82, 2.24) is 0 Å². The summed E-state index contributed by atoms with van der Waals surface area (Å²) < 4.78 is 35.0. The molecule has 3 aliphatic rings. The van der Waals surface area contributed by atoms with E-state index >= 15 is 4.39 Å². The Kier molecular flexibility index (Phi) is 8.33. The van der Waals surface area contributed by atoms with Gasteiger partial charge in [-0.2, -0.15) is 0 Å². The van der Waals surface area contributed by atoms with Crippen LogP contribution < -0.4 is 4.74 Å². The van der Waals surface area contributed by atoms with Crippen molar-refractivity contribution in [2.45, 2.75) is 109 Å². The molecule has 0 bridgehead atoms. The van der Waals surface area contributed by atoms with E-state index in [0.717, 1.165) is 54.6 Å². The Morgan fingerprint density at radius 2 is 1.14 bits per heavy atom. The van der Waals surface area contributed by atoms with Gasteiger partial charge in [0.25, 0.3) is 0 Å². The van der Waals surface area contributed by atoms with E-state index in [2.05, 4.69) is 19.1 Å². The summed E-state index contributed by atoms with van der Waals surface area (Å²) in [5.41, 5.74) is 3.15. The van der Waals surface area contributed by atoms with E-state index in [1.807, 2.05) is 19.1 Å². The molecule has 3 fully saturated rings. The first kappa shape index (κ1) is 25.7. The van der Waals surface area contributed by atoms with Crippen LogP contribution in [-0.4, -0.2) is 6.61 Å². The molecular weight excluding hydrogens is 450 g/mol. The molecule has 0 spiro atoms. The number of ether oxygens (including phenoxy) is 1. The first-order valence-electron chi connectivity index (χ1n) is 14.7. The highest BCUT2D eigenvalue weighted by Crippen LogP contribution is 2.45. The zero-order chi connectivity index (χ0) is 25.1. The molecule has 3 saturated carbocycles. The van der Waals surface area contributed by atoms with Crippen molar-refractivity contribution in [3.63, 3.8) is 0 Å². The third-order valence-electron chi connectivity index (χ3n) is 9.89. The summed E-state index contributed by atoms with van der Waals surface area (Å²) in [5.74, 6) is 3.94. The maximum atomic E-state index is 15.3. The first-order valence-corrected chi connectivity index (χ1v) is 14.7. The van der Waals surface area contributed by atoms with E-state index in [4.69, 9.17) is 4.74 Å². The molecule has 0 aromatic heterocycles. The monoisotopic (exact) mass is 494 g/mol. The molecule has 0 radical (unpaired) electrons. The zero-order valence-electron chi connectivity index (χ0n) is 22.3. The molecule has 3 heteroatoms. The lowest BCUT2D eigenvalue weighted by Crippen LogP contribution is -2.24. The summed E-state index contributed by atoms with van der Waals surface area (Å²) in [4.78, 5) is 0. The van der Waals surface area contributed by atoms with Crippen molar-refractivity contribution in [2.75, 3.05) is 6.61 Å². The van der Waals surface area contributed by atoms with Gasteiger partial charge in [-0.3, -0.25) is 0 Å². The van der Waals surface area contributed by atoms with Crippen LogP contribution in [0.2, 0.25) is 0 Å². The highest BCUT2D eigenvalue weighted by Gasteiger charge is 2.31. The van der Waals surface area contributed by atoms with E-state index in [9.17, 15) is 4.39 Å².